The molecule has 0 saturated heterocycles. The second-order valence-corrected chi connectivity index (χ2v) is 7.43. The van der Waals surface area contributed by atoms with Gasteiger partial charge < -0.3 is 5.73 Å². The molecule has 0 bridgehead atoms. The number of rotatable bonds is 4. The van der Waals surface area contributed by atoms with E-state index in [4.69, 9.17) is 5.73 Å². The fourth-order valence-corrected chi connectivity index (χ4v) is 3.00. The Hall–Kier alpha value is -0.470. The highest BCUT2D eigenvalue weighted by Gasteiger charge is 2.13. The highest BCUT2D eigenvalue weighted by atomic mass is 32.2. The van der Waals surface area contributed by atoms with Crippen molar-refractivity contribution in [3.63, 3.8) is 0 Å². The lowest BCUT2D eigenvalue weighted by Gasteiger charge is -2.19. The highest BCUT2D eigenvalue weighted by Crippen LogP contribution is 2.29. The summed E-state index contributed by atoms with van der Waals surface area (Å²) in [7, 11) is 0. The van der Waals surface area contributed by atoms with Crippen molar-refractivity contribution >= 4 is 11.8 Å². The van der Waals surface area contributed by atoms with E-state index in [0.29, 0.717) is 5.25 Å². The Morgan fingerprint density at radius 3 is 2.06 bits per heavy atom. The summed E-state index contributed by atoms with van der Waals surface area (Å²) >= 11 is 1.91. The quantitative estimate of drug-likeness (QED) is 0.812. The lowest BCUT2D eigenvalue weighted by molar-refractivity contribution is 0.589. The van der Waals surface area contributed by atoms with Crippen LogP contribution in [-0.2, 0) is 5.41 Å². The molecule has 2 unspecified atom stereocenters. The highest BCUT2D eigenvalue weighted by molar-refractivity contribution is 7.99. The summed E-state index contributed by atoms with van der Waals surface area (Å²) in [6, 6.07) is 9.21. The third-order valence-corrected chi connectivity index (χ3v) is 3.90. The van der Waals surface area contributed by atoms with Crippen molar-refractivity contribution in [2.24, 2.45) is 5.73 Å². The lowest BCUT2D eigenvalue weighted by Crippen LogP contribution is -2.19. The van der Waals surface area contributed by atoms with E-state index in [1.807, 2.05) is 11.8 Å². The van der Waals surface area contributed by atoms with Crippen LogP contribution in [0, 0.1) is 0 Å². The summed E-state index contributed by atoms with van der Waals surface area (Å²) < 4.78 is 0. The SMILES string of the molecule is CC(N)CC(C)Sc1ccc(C(C)(C)C)cc1. The first kappa shape index (κ1) is 14.6. The molecular weight excluding hydrogens is 226 g/mol. The summed E-state index contributed by atoms with van der Waals surface area (Å²) in [5.74, 6) is 0. The molecule has 1 aromatic carbocycles. The van der Waals surface area contributed by atoms with Crippen molar-refractivity contribution in [1.82, 2.24) is 0 Å². The van der Waals surface area contributed by atoms with E-state index >= 15 is 0 Å². The minimum absolute atomic E-state index is 0.237. The van der Waals surface area contributed by atoms with Crippen LogP contribution in [0.5, 0.6) is 0 Å². The average Bonchev–Trinajstić information content (AvgIpc) is 2.15. The van der Waals surface area contributed by atoms with Crippen molar-refractivity contribution in [2.75, 3.05) is 0 Å². The predicted molar refractivity (Wildman–Crippen MR) is 78.7 cm³/mol. The van der Waals surface area contributed by atoms with Crippen LogP contribution >= 0.6 is 11.8 Å². The van der Waals surface area contributed by atoms with Gasteiger partial charge in [0, 0.05) is 16.2 Å². The molecule has 0 aliphatic rings. The van der Waals surface area contributed by atoms with Gasteiger partial charge in [-0.15, -0.1) is 11.8 Å². The summed E-state index contributed by atoms with van der Waals surface area (Å²) in [6.45, 7) is 11.0. The van der Waals surface area contributed by atoms with E-state index in [2.05, 4.69) is 58.9 Å². The molecular formula is C15H25NS. The molecule has 1 aromatic rings. The molecule has 0 fully saturated rings. The standard InChI is InChI=1S/C15H25NS/c1-11(16)10-12(2)17-14-8-6-13(7-9-14)15(3,4)5/h6-9,11-12H,10,16H2,1-5H3. The van der Waals surface area contributed by atoms with Crippen LogP contribution in [-0.4, -0.2) is 11.3 Å². The molecule has 0 aromatic heterocycles. The first-order valence-corrected chi connectivity index (χ1v) is 7.20. The van der Waals surface area contributed by atoms with E-state index in [1.54, 1.807) is 0 Å². The van der Waals surface area contributed by atoms with Gasteiger partial charge in [0.25, 0.3) is 0 Å². The summed E-state index contributed by atoms with van der Waals surface area (Å²) in [5.41, 5.74) is 7.44. The van der Waals surface area contributed by atoms with Gasteiger partial charge in [0.05, 0.1) is 0 Å². The van der Waals surface area contributed by atoms with Crippen molar-refractivity contribution in [3.05, 3.63) is 29.8 Å². The molecule has 1 rings (SSSR count). The Balaban J connectivity index is 2.63. The molecule has 0 aliphatic heterocycles. The molecule has 96 valence electrons. The molecule has 17 heavy (non-hydrogen) atoms. The largest absolute Gasteiger partial charge is 0.328 e. The monoisotopic (exact) mass is 251 g/mol. The van der Waals surface area contributed by atoms with E-state index in [9.17, 15) is 0 Å². The Labute approximate surface area is 110 Å². The fraction of sp³-hybridized carbons (Fsp3) is 0.600. The summed E-state index contributed by atoms with van der Waals surface area (Å²) in [4.78, 5) is 1.34. The van der Waals surface area contributed by atoms with E-state index in [1.165, 1.54) is 10.5 Å². The van der Waals surface area contributed by atoms with Crippen LogP contribution in [0.15, 0.2) is 29.2 Å². The Morgan fingerprint density at radius 1 is 1.12 bits per heavy atom. The number of nitrogens with two attached hydrogens (primary N) is 1. The van der Waals surface area contributed by atoms with Crippen molar-refractivity contribution in [2.45, 2.75) is 62.6 Å². The molecule has 0 aliphatic carbocycles. The third-order valence-electron chi connectivity index (χ3n) is 2.76. The smallest absolute Gasteiger partial charge is 0.00806 e. The molecule has 0 spiro atoms. The van der Waals surface area contributed by atoms with Gasteiger partial charge in [0.1, 0.15) is 0 Å². The lowest BCUT2D eigenvalue weighted by atomic mass is 9.87. The maximum Gasteiger partial charge on any atom is 0.00806 e. The summed E-state index contributed by atoms with van der Waals surface area (Å²) in [5, 5.41) is 0.579. The number of hydrogen-bond donors (Lipinski definition) is 1. The van der Waals surface area contributed by atoms with Crippen LogP contribution in [0.25, 0.3) is 0 Å². The minimum Gasteiger partial charge on any atom is -0.328 e. The van der Waals surface area contributed by atoms with E-state index in [0.717, 1.165) is 6.42 Å². The number of hydrogen-bond acceptors (Lipinski definition) is 2. The van der Waals surface area contributed by atoms with E-state index in [-0.39, 0.29) is 11.5 Å². The molecule has 0 radical (unpaired) electrons. The number of benzene rings is 1. The zero-order chi connectivity index (χ0) is 13.1. The van der Waals surface area contributed by atoms with Gasteiger partial charge in [-0.25, -0.2) is 0 Å². The predicted octanol–water partition coefficient (Wildman–Crippen LogP) is 4.20. The summed E-state index contributed by atoms with van der Waals surface area (Å²) in [6.07, 6.45) is 1.06. The second-order valence-electron chi connectivity index (χ2n) is 5.92. The third kappa shape index (κ3) is 5.13. The van der Waals surface area contributed by atoms with Crippen molar-refractivity contribution < 1.29 is 0 Å². The first-order chi connectivity index (χ1) is 7.79. The van der Waals surface area contributed by atoms with Gasteiger partial charge in [-0.1, -0.05) is 39.8 Å². The Morgan fingerprint density at radius 2 is 1.65 bits per heavy atom. The zero-order valence-electron chi connectivity index (χ0n) is 11.7. The van der Waals surface area contributed by atoms with Crippen LogP contribution in [0.1, 0.15) is 46.6 Å². The minimum atomic E-state index is 0.237. The topological polar surface area (TPSA) is 26.0 Å². The first-order valence-electron chi connectivity index (χ1n) is 6.32. The fourth-order valence-electron chi connectivity index (χ4n) is 1.84. The maximum absolute atomic E-state index is 5.81. The molecule has 2 N–H and O–H groups in total. The molecule has 0 heterocycles. The molecule has 2 atom stereocenters. The Bertz CT molecular complexity index is 335. The molecule has 2 heteroatoms. The second kappa shape index (κ2) is 5.92. The van der Waals surface area contributed by atoms with Crippen LogP contribution < -0.4 is 5.73 Å². The van der Waals surface area contributed by atoms with Gasteiger partial charge in [0.15, 0.2) is 0 Å². The van der Waals surface area contributed by atoms with Crippen molar-refractivity contribution in [1.29, 1.82) is 0 Å². The van der Waals surface area contributed by atoms with Gasteiger partial charge in [-0.3, -0.25) is 0 Å². The van der Waals surface area contributed by atoms with Crippen molar-refractivity contribution in [3.8, 4) is 0 Å². The van der Waals surface area contributed by atoms with Gasteiger partial charge in [-0.05, 0) is 36.5 Å². The van der Waals surface area contributed by atoms with Crippen LogP contribution in [0.4, 0.5) is 0 Å². The molecule has 0 saturated carbocycles. The Kier molecular flexibility index (Phi) is 5.08. The maximum atomic E-state index is 5.81. The van der Waals surface area contributed by atoms with E-state index < -0.39 is 0 Å². The van der Waals surface area contributed by atoms with Crippen LogP contribution in [0.2, 0.25) is 0 Å². The normalized spacial score (nSPS) is 15.6. The zero-order valence-corrected chi connectivity index (χ0v) is 12.5. The number of thioether (sulfide) groups is 1. The van der Waals surface area contributed by atoms with Gasteiger partial charge in [0.2, 0.25) is 0 Å². The van der Waals surface area contributed by atoms with Crippen LogP contribution in [0.3, 0.4) is 0 Å². The molecule has 1 nitrogen and oxygen atoms in total. The average molecular weight is 251 g/mol. The molecule has 0 amide bonds. The van der Waals surface area contributed by atoms with Gasteiger partial charge >= 0.3 is 0 Å². The van der Waals surface area contributed by atoms with Gasteiger partial charge in [-0.2, -0.15) is 0 Å².